The van der Waals surface area contributed by atoms with Crippen LogP contribution in [-0.2, 0) is 9.59 Å². The van der Waals surface area contributed by atoms with Crippen molar-refractivity contribution in [3.8, 4) is 0 Å². The number of halogens is 1. The van der Waals surface area contributed by atoms with Crippen molar-refractivity contribution in [1.29, 1.82) is 0 Å². The second-order valence-electron chi connectivity index (χ2n) is 3.88. The van der Waals surface area contributed by atoms with Crippen molar-refractivity contribution < 1.29 is 9.59 Å². The van der Waals surface area contributed by atoms with Gasteiger partial charge in [0.15, 0.2) is 0 Å². The fourth-order valence-electron chi connectivity index (χ4n) is 1.39. The van der Waals surface area contributed by atoms with E-state index in [-0.39, 0.29) is 17.6 Å². The molecule has 0 spiro atoms. The summed E-state index contributed by atoms with van der Waals surface area (Å²) in [6.45, 7) is 3.22. The molecular weight excluding hydrogens is 272 g/mol. The molecule has 1 aromatic carbocycles. The van der Waals surface area contributed by atoms with E-state index in [0.717, 1.165) is 5.56 Å². The van der Waals surface area contributed by atoms with Crippen LogP contribution in [0.25, 0.3) is 0 Å². The summed E-state index contributed by atoms with van der Waals surface area (Å²) in [5.74, 6) is -0.358. The summed E-state index contributed by atoms with van der Waals surface area (Å²) < 4.78 is 0. The summed E-state index contributed by atoms with van der Waals surface area (Å²) >= 11 is 9.90. The first-order valence-electron chi connectivity index (χ1n) is 5.39. The van der Waals surface area contributed by atoms with Gasteiger partial charge >= 0.3 is 0 Å². The fraction of sp³-hybridized carbons (Fsp3) is 0.333. The van der Waals surface area contributed by atoms with Gasteiger partial charge in [-0.2, -0.15) is 12.6 Å². The maximum absolute atomic E-state index is 11.9. The first-order chi connectivity index (χ1) is 8.43. The highest BCUT2D eigenvalue weighted by atomic mass is 35.5. The summed E-state index contributed by atoms with van der Waals surface area (Å²) in [7, 11) is 0. The topological polar surface area (TPSA) is 58.2 Å². The number of carbonyl (C=O) groups is 2. The van der Waals surface area contributed by atoms with Crippen LogP contribution in [0.5, 0.6) is 0 Å². The Hall–Kier alpha value is -1.20. The predicted molar refractivity (Wildman–Crippen MR) is 76.3 cm³/mol. The molecule has 0 saturated carbocycles. The zero-order valence-corrected chi connectivity index (χ0v) is 11.8. The van der Waals surface area contributed by atoms with E-state index in [9.17, 15) is 9.59 Å². The second kappa shape index (κ2) is 6.66. The normalized spacial score (nSPS) is 11.8. The Morgan fingerprint density at radius 3 is 2.67 bits per heavy atom. The molecule has 18 heavy (non-hydrogen) atoms. The third-order valence-corrected chi connectivity index (χ3v) is 2.93. The molecule has 0 fully saturated rings. The van der Waals surface area contributed by atoms with Gasteiger partial charge in [-0.3, -0.25) is 9.59 Å². The lowest BCUT2D eigenvalue weighted by atomic mass is 10.2. The number of nitrogens with one attached hydrogen (secondary N) is 2. The van der Waals surface area contributed by atoms with Crippen LogP contribution >= 0.6 is 24.2 Å². The molecule has 0 aliphatic carbocycles. The number of benzene rings is 1. The lowest BCUT2D eigenvalue weighted by Gasteiger charge is -2.16. The average molecular weight is 287 g/mol. The molecule has 0 saturated heterocycles. The molecule has 6 heteroatoms. The number of rotatable bonds is 4. The van der Waals surface area contributed by atoms with Gasteiger partial charge in [-0.05, 0) is 24.6 Å². The van der Waals surface area contributed by atoms with Crippen molar-refractivity contribution in [1.82, 2.24) is 5.32 Å². The Morgan fingerprint density at radius 2 is 2.11 bits per heavy atom. The van der Waals surface area contributed by atoms with Gasteiger partial charge in [-0.1, -0.05) is 17.7 Å². The van der Waals surface area contributed by atoms with Gasteiger partial charge in [0, 0.05) is 23.4 Å². The third-order valence-electron chi connectivity index (χ3n) is 2.33. The zero-order valence-electron chi connectivity index (χ0n) is 10.2. The molecule has 1 aromatic rings. The Kier molecular flexibility index (Phi) is 5.50. The van der Waals surface area contributed by atoms with Crippen LogP contribution in [-0.4, -0.2) is 23.6 Å². The van der Waals surface area contributed by atoms with Gasteiger partial charge in [-0.15, -0.1) is 0 Å². The van der Waals surface area contributed by atoms with Crippen LogP contribution in [0.2, 0.25) is 5.02 Å². The lowest BCUT2D eigenvalue weighted by Crippen LogP contribution is -2.44. The predicted octanol–water partition coefficient (Wildman–Crippen LogP) is 2.02. The molecule has 0 aliphatic rings. The van der Waals surface area contributed by atoms with Crippen molar-refractivity contribution in [2.45, 2.75) is 19.9 Å². The molecule has 98 valence electrons. The first kappa shape index (κ1) is 14.9. The largest absolute Gasteiger partial charge is 0.344 e. The molecule has 0 bridgehead atoms. The molecule has 0 aromatic heterocycles. The van der Waals surface area contributed by atoms with E-state index in [1.807, 2.05) is 13.0 Å². The smallest absolute Gasteiger partial charge is 0.247 e. The SMILES string of the molecule is CC(=O)NC(CS)C(=O)Nc1cc(Cl)ccc1C. The average Bonchev–Trinajstić information content (AvgIpc) is 2.30. The van der Waals surface area contributed by atoms with E-state index >= 15 is 0 Å². The highest BCUT2D eigenvalue weighted by Crippen LogP contribution is 2.20. The maximum Gasteiger partial charge on any atom is 0.247 e. The number of amides is 2. The summed E-state index contributed by atoms with van der Waals surface area (Å²) in [4.78, 5) is 22.9. The number of aryl methyl sites for hydroxylation is 1. The number of hydrogen-bond acceptors (Lipinski definition) is 3. The lowest BCUT2D eigenvalue weighted by molar-refractivity contribution is -0.124. The number of carbonyl (C=O) groups excluding carboxylic acids is 2. The Balaban J connectivity index is 2.79. The number of hydrogen-bond donors (Lipinski definition) is 3. The van der Waals surface area contributed by atoms with Crippen LogP contribution in [0.3, 0.4) is 0 Å². The van der Waals surface area contributed by atoms with Crippen molar-refractivity contribution in [2.24, 2.45) is 0 Å². The Labute approximate surface area is 117 Å². The molecule has 0 radical (unpaired) electrons. The van der Waals surface area contributed by atoms with Gasteiger partial charge in [0.1, 0.15) is 6.04 Å². The molecule has 0 aliphatic heterocycles. The number of thiol groups is 1. The molecule has 4 nitrogen and oxygen atoms in total. The first-order valence-corrected chi connectivity index (χ1v) is 6.40. The minimum absolute atomic E-state index is 0.227. The molecular formula is C12H15ClN2O2S. The van der Waals surface area contributed by atoms with Gasteiger partial charge in [0.2, 0.25) is 11.8 Å². The van der Waals surface area contributed by atoms with E-state index < -0.39 is 6.04 Å². The van der Waals surface area contributed by atoms with Crippen LogP contribution in [0.1, 0.15) is 12.5 Å². The van der Waals surface area contributed by atoms with E-state index in [1.54, 1.807) is 12.1 Å². The third kappa shape index (κ3) is 4.23. The fourth-order valence-corrected chi connectivity index (χ4v) is 1.82. The van der Waals surface area contributed by atoms with E-state index in [1.165, 1.54) is 6.92 Å². The molecule has 1 rings (SSSR count). The molecule has 1 atom stereocenters. The van der Waals surface area contributed by atoms with Crippen molar-refractivity contribution in [3.63, 3.8) is 0 Å². The van der Waals surface area contributed by atoms with E-state index in [0.29, 0.717) is 10.7 Å². The van der Waals surface area contributed by atoms with Crippen molar-refractivity contribution >= 4 is 41.7 Å². The zero-order chi connectivity index (χ0) is 13.7. The number of anilines is 1. The van der Waals surface area contributed by atoms with Crippen LogP contribution < -0.4 is 10.6 Å². The highest BCUT2D eigenvalue weighted by Gasteiger charge is 2.18. The van der Waals surface area contributed by atoms with E-state index in [2.05, 4.69) is 23.3 Å². The van der Waals surface area contributed by atoms with Gasteiger partial charge in [0.25, 0.3) is 0 Å². The van der Waals surface area contributed by atoms with Crippen molar-refractivity contribution in [2.75, 3.05) is 11.1 Å². The van der Waals surface area contributed by atoms with Crippen LogP contribution in [0.4, 0.5) is 5.69 Å². The second-order valence-corrected chi connectivity index (χ2v) is 4.69. The van der Waals surface area contributed by atoms with Crippen LogP contribution in [0.15, 0.2) is 18.2 Å². The molecule has 1 unspecified atom stereocenters. The summed E-state index contributed by atoms with van der Waals surface area (Å²) in [6.07, 6.45) is 0. The maximum atomic E-state index is 11.9. The summed E-state index contributed by atoms with van der Waals surface area (Å²) in [5, 5.41) is 5.78. The minimum Gasteiger partial charge on any atom is -0.344 e. The minimum atomic E-state index is -0.663. The van der Waals surface area contributed by atoms with Gasteiger partial charge in [0.05, 0.1) is 0 Å². The Bertz CT molecular complexity index is 465. The summed E-state index contributed by atoms with van der Waals surface area (Å²) in [5.41, 5.74) is 1.53. The summed E-state index contributed by atoms with van der Waals surface area (Å²) in [6, 6.07) is 4.56. The quantitative estimate of drug-likeness (QED) is 0.742. The molecule has 0 heterocycles. The van der Waals surface area contributed by atoms with Crippen molar-refractivity contribution in [3.05, 3.63) is 28.8 Å². The monoisotopic (exact) mass is 286 g/mol. The highest BCUT2D eigenvalue weighted by molar-refractivity contribution is 7.80. The van der Waals surface area contributed by atoms with E-state index in [4.69, 9.17) is 11.6 Å². The Morgan fingerprint density at radius 1 is 1.44 bits per heavy atom. The molecule has 2 N–H and O–H groups in total. The van der Waals surface area contributed by atoms with Crippen LogP contribution in [0, 0.1) is 6.92 Å². The van der Waals surface area contributed by atoms with Gasteiger partial charge < -0.3 is 10.6 Å². The molecule has 2 amide bonds. The van der Waals surface area contributed by atoms with Gasteiger partial charge in [-0.25, -0.2) is 0 Å². The standard InChI is InChI=1S/C12H15ClN2O2S/c1-7-3-4-9(13)5-10(7)15-12(17)11(6-18)14-8(2)16/h3-5,11,18H,6H2,1-2H3,(H,14,16)(H,15,17).